The van der Waals surface area contributed by atoms with E-state index in [1.165, 1.54) is 51.0 Å². The van der Waals surface area contributed by atoms with Crippen LogP contribution in [0.2, 0.25) is 0 Å². The molecule has 2 bridgehead atoms. The van der Waals surface area contributed by atoms with Gasteiger partial charge in [-0.1, -0.05) is 38.3 Å². The van der Waals surface area contributed by atoms with Crippen molar-refractivity contribution in [2.45, 2.75) is 76.5 Å². The molecule has 3 aliphatic carbocycles. The van der Waals surface area contributed by atoms with Crippen molar-refractivity contribution >= 4 is 0 Å². The summed E-state index contributed by atoms with van der Waals surface area (Å²) in [7, 11) is 0. The van der Waals surface area contributed by atoms with Gasteiger partial charge in [0.1, 0.15) is 11.9 Å². The Kier molecular flexibility index (Phi) is 4.26. The second-order valence-corrected chi connectivity index (χ2v) is 7.51. The maximum Gasteiger partial charge on any atom is 0.141 e. The Hall–Kier alpha value is -1.36. The first-order valence-electron chi connectivity index (χ1n) is 8.84. The zero-order valence-electron chi connectivity index (χ0n) is 13.6. The quantitative estimate of drug-likeness (QED) is 0.624. The number of hydrogen-bond acceptors (Lipinski definition) is 1. The Morgan fingerprint density at radius 1 is 1.09 bits per heavy atom. The molecule has 0 atom stereocenters. The molecule has 0 aromatic heterocycles. The molecule has 0 amide bonds. The molecule has 1 aromatic rings. The Balaban J connectivity index is 1.80. The van der Waals surface area contributed by atoms with Crippen molar-refractivity contribution < 1.29 is 4.39 Å². The van der Waals surface area contributed by atoms with Gasteiger partial charge >= 0.3 is 0 Å². The van der Waals surface area contributed by atoms with E-state index in [0.717, 1.165) is 24.8 Å². The van der Waals surface area contributed by atoms with E-state index in [2.05, 4.69) is 13.0 Å². The average Bonchev–Trinajstić information content (AvgIpc) is 2.56. The number of unbranched alkanes of at least 4 members (excludes halogenated alkanes) is 2. The van der Waals surface area contributed by atoms with E-state index in [9.17, 15) is 9.65 Å². The zero-order chi connectivity index (χ0) is 15.6. The van der Waals surface area contributed by atoms with Gasteiger partial charge in [0.15, 0.2) is 0 Å². The van der Waals surface area contributed by atoms with Crippen LogP contribution < -0.4 is 0 Å². The molecule has 0 heterocycles. The van der Waals surface area contributed by atoms with Gasteiger partial charge in [-0.05, 0) is 67.4 Å². The highest BCUT2D eigenvalue weighted by Crippen LogP contribution is 2.60. The highest BCUT2D eigenvalue weighted by molar-refractivity contribution is 5.44. The van der Waals surface area contributed by atoms with Crippen LogP contribution in [-0.4, -0.2) is 0 Å². The summed E-state index contributed by atoms with van der Waals surface area (Å²) in [6.07, 6.45) is 12.5. The molecule has 3 fully saturated rings. The molecule has 1 nitrogen and oxygen atoms in total. The van der Waals surface area contributed by atoms with E-state index in [4.69, 9.17) is 0 Å². The van der Waals surface area contributed by atoms with Crippen molar-refractivity contribution in [3.8, 4) is 6.07 Å². The van der Waals surface area contributed by atoms with Crippen LogP contribution in [-0.2, 0) is 5.41 Å². The monoisotopic (exact) mass is 299 g/mol. The second kappa shape index (κ2) is 6.03. The van der Waals surface area contributed by atoms with Crippen LogP contribution in [0.15, 0.2) is 18.2 Å². The third-order valence-electron chi connectivity index (χ3n) is 6.41. The van der Waals surface area contributed by atoms with Gasteiger partial charge in [0.05, 0.1) is 5.56 Å². The summed E-state index contributed by atoms with van der Waals surface area (Å²) in [5.41, 5.74) is 1.90. The highest BCUT2D eigenvalue weighted by atomic mass is 19.1. The number of hydrogen-bond donors (Lipinski definition) is 0. The number of nitriles is 1. The summed E-state index contributed by atoms with van der Waals surface area (Å²) in [6.45, 7) is 2.26. The number of fused-ring (bicyclic) bond motifs is 3. The summed E-state index contributed by atoms with van der Waals surface area (Å²) >= 11 is 0. The molecule has 0 saturated heterocycles. The number of benzene rings is 1. The molecule has 3 aliphatic rings. The molecular weight excluding hydrogens is 273 g/mol. The maximum atomic E-state index is 14.0. The molecule has 1 aromatic carbocycles. The molecule has 0 N–H and O–H groups in total. The van der Waals surface area contributed by atoms with Crippen LogP contribution in [0.25, 0.3) is 0 Å². The number of halogens is 1. The lowest BCUT2D eigenvalue weighted by Crippen LogP contribution is -2.44. The Morgan fingerprint density at radius 2 is 1.77 bits per heavy atom. The summed E-state index contributed by atoms with van der Waals surface area (Å²) in [6, 6.07) is 7.30. The third-order valence-corrected chi connectivity index (χ3v) is 6.41. The number of nitrogens with zero attached hydrogens (tertiary/aromatic N) is 1. The van der Waals surface area contributed by atoms with Crippen molar-refractivity contribution in [1.82, 2.24) is 0 Å². The lowest BCUT2D eigenvalue weighted by molar-refractivity contribution is 0.0303. The lowest BCUT2D eigenvalue weighted by atomic mass is 9.50. The second-order valence-electron chi connectivity index (χ2n) is 7.51. The fourth-order valence-corrected chi connectivity index (χ4v) is 4.87. The number of rotatable bonds is 5. The topological polar surface area (TPSA) is 23.8 Å². The predicted molar refractivity (Wildman–Crippen MR) is 87.1 cm³/mol. The Labute approximate surface area is 133 Å². The molecule has 118 valence electrons. The first-order chi connectivity index (χ1) is 10.6. The molecular formula is C20H26FN. The summed E-state index contributed by atoms with van der Waals surface area (Å²) in [5, 5.41) is 9.36. The van der Waals surface area contributed by atoms with E-state index in [0.29, 0.717) is 11.0 Å². The van der Waals surface area contributed by atoms with Crippen LogP contribution in [0.5, 0.6) is 0 Å². The largest absolute Gasteiger partial charge is 0.206 e. The minimum Gasteiger partial charge on any atom is -0.206 e. The van der Waals surface area contributed by atoms with Crippen LogP contribution in [0, 0.1) is 22.6 Å². The molecule has 0 radical (unpaired) electrons. The highest BCUT2D eigenvalue weighted by Gasteiger charge is 2.49. The zero-order valence-corrected chi connectivity index (χ0v) is 13.6. The van der Waals surface area contributed by atoms with E-state index >= 15 is 0 Å². The van der Waals surface area contributed by atoms with Gasteiger partial charge in [-0.25, -0.2) is 4.39 Å². The smallest absolute Gasteiger partial charge is 0.141 e. The van der Waals surface area contributed by atoms with E-state index in [-0.39, 0.29) is 11.2 Å². The Morgan fingerprint density at radius 3 is 2.36 bits per heavy atom. The first-order valence-corrected chi connectivity index (χ1v) is 8.84. The van der Waals surface area contributed by atoms with Crippen LogP contribution in [0.3, 0.4) is 0 Å². The molecule has 22 heavy (non-hydrogen) atoms. The molecule has 0 spiro atoms. The average molecular weight is 299 g/mol. The minimum absolute atomic E-state index is 0.0691. The van der Waals surface area contributed by atoms with Gasteiger partial charge in [0.25, 0.3) is 0 Å². The SMILES string of the molecule is CCCCCC12CCC(c3cccc(F)c3C#N)(CC1)CC2. The molecule has 0 aliphatic heterocycles. The van der Waals surface area contributed by atoms with Gasteiger partial charge in [0, 0.05) is 0 Å². The van der Waals surface area contributed by atoms with Gasteiger partial charge < -0.3 is 0 Å². The molecule has 4 rings (SSSR count). The van der Waals surface area contributed by atoms with E-state index in [1.807, 2.05) is 6.07 Å². The van der Waals surface area contributed by atoms with Crippen molar-refractivity contribution in [2.75, 3.05) is 0 Å². The van der Waals surface area contributed by atoms with E-state index < -0.39 is 0 Å². The van der Waals surface area contributed by atoms with Crippen molar-refractivity contribution in [3.05, 3.63) is 35.1 Å². The third kappa shape index (κ3) is 2.56. The fourth-order valence-electron chi connectivity index (χ4n) is 4.87. The summed E-state index contributed by atoms with van der Waals surface area (Å²) in [4.78, 5) is 0. The predicted octanol–water partition coefficient (Wildman–Crippen LogP) is 5.87. The maximum absolute atomic E-state index is 14.0. The fraction of sp³-hybridized carbons (Fsp3) is 0.650. The van der Waals surface area contributed by atoms with Gasteiger partial charge in [-0.3, -0.25) is 0 Å². The summed E-state index contributed by atoms with van der Waals surface area (Å²) in [5.74, 6) is -0.347. The normalized spacial score (nSPS) is 30.2. The molecule has 0 unspecified atom stereocenters. The van der Waals surface area contributed by atoms with Crippen molar-refractivity contribution in [3.63, 3.8) is 0 Å². The molecule has 2 heteroatoms. The first kappa shape index (κ1) is 15.5. The molecule has 3 saturated carbocycles. The van der Waals surface area contributed by atoms with Crippen LogP contribution >= 0.6 is 0 Å². The van der Waals surface area contributed by atoms with Gasteiger partial charge in [-0.2, -0.15) is 5.26 Å². The Bertz CT molecular complexity index is 559. The van der Waals surface area contributed by atoms with Crippen LogP contribution in [0.1, 0.15) is 82.3 Å². The van der Waals surface area contributed by atoms with Gasteiger partial charge in [0.2, 0.25) is 0 Å². The van der Waals surface area contributed by atoms with Crippen molar-refractivity contribution in [2.24, 2.45) is 5.41 Å². The van der Waals surface area contributed by atoms with E-state index in [1.54, 1.807) is 6.07 Å². The standard InChI is InChI=1S/C20H26FN/c1-2-3-4-8-19-9-12-20(13-10-19,14-11-19)17-6-5-7-18(21)16(17)15-22/h5-7H,2-4,8-14H2,1H3. The summed E-state index contributed by atoms with van der Waals surface area (Å²) < 4.78 is 14.0. The lowest BCUT2D eigenvalue weighted by Gasteiger charge is -2.54. The van der Waals surface area contributed by atoms with Crippen molar-refractivity contribution in [1.29, 1.82) is 5.26 Å². The van der Waals surface area contributed by atoms with Gasteiger partial charge in [-0.15, -0.1) is 0 Å². The van der Waals surface area contributed by atoms with Crippen LogP contribution in [0.4, 0.5) is 4.39 Å². The minimum atomic E-state index is -0.347.